The molecule has 1 amide bonds. The molecule has 0 aromatic heterocycles. The molecule has 0 saturated heterocycles. The van der Waals surface area contributed by atoms with Crippen molar-refractivity contribution in [3.05, 3.63) is 64.2 Å². The molecule has 3 nitrogen and oxygen atoms in total. The van der Waals surface area contributed by atoms with Crippen molar-refractivity contribution in [1.82, 2.24) is 5.32 Å². The first-order valence-corrected chi connectivity index (χ1v) is 9.30. The SMILES string of the molecule is CCCCOc1ccc(Cl)cc1C(=O)NCCc1ccc(CC)cc1. The van der Waals surface area contributed by atoms with E-state index < -0.39 is 0 Å². The van der Waals surface area contributed by atoms with Gasteiger partial charge in [0.05, 0.1) is 12.2 Å². The fourth-order valence-corrected chi connectivity index (χ4v) is 2.66. The second-order valence-electron chi connectivity index (χ2n) is 6.02. The summed E-state index contributed by atoms with van der Waals surface area (Å²) in [6.45, 7) is 5.42. The van der Waals surface area contributed by atoms with E-state index in [4.69, 9.17) is 16.3 Å². The van der Waals surface area contributed by atoms with E-state index in [1.165, 1.54) is 11.1 Å². The second kappa shape index (κ2) is 10.1. The minimum absolute atomic E-state index is 0.154. The third-order valence-electron chi connectivity index (χ3n) is 4.07. The van der Waals surface area contributed by atoms with Crippen LogP contribution >= 0.6 is 11.6 Å². The van der Waals surface area contributed by atoms with Gasteiger partial charge in [-0.25, -0.2) is 0 Å². The Labute approximate surface area is 155 Å². The minimum Gasteiger partial charge on any atom is -0.493 e. The Bertz CT molecular complexity index is 683. The Balaban J connectivity index is 1.93. The first-order chi connectivity index (χ1) is 12.1. The van der Waals surface area contributed by atoms with Crippen LogP contribution in [0.25, 0.3) is 0 Å². The molecular weight excluding hydrogens is 334 g/mol. The number of carbonyl (C=O) groups is 1. The van der Waals surface area contributed by atoms with Gasteiger partial charge in [-0.3, -0.25) is 4.79 Å². The van der Waals surface area contributed by atoms with Gasteiger partial charge in [0.1, 0.15) is 5.75 Å². The molecule has 0 atom stereocenters. The van der Waals surface area contributed by atoms with Crippen molar-refractivity contribution in [2.75, 3.05) is 13.2 Å². The summed E-state index contributed by atoms with van der Waals surface area (Å²) in [6, 6.07) is 13.7. The zero-order chi connectivity index (χ0) is 18.1. The highest BCUT2D eigenvalue weighted by Gasteiger charge is 2.13. The molecule has 0 fully saturated rings. The van der Waals surface area contributed by atoms with Crippen molar-refractivity contribution in [2.45, 2.75) is 39.5 Å². The Morgan fingerprint density at radius 2 is 1.80 bits per heavy atom. The van der Waals surface area contributed by atoms with Crippen molar-refractivity contribution in [2.24, 2.45) is 0 Å². The lowest BCUT2D eigenvalue weighted by molar-refractivity contribution is 0.0950. The third kappa shape index (κ3) is 6.09. The maximum atomic E-state index is 12.5. The lowest BCUT2D eigenvalue weighted by Gasteiger charge is -2.12. The van der Waals surface area contributed by atoms with Crippen LogP contribution in [0.4, 0.5) is 0 Å². The molecule has 0 unspecified atom stereocenters. The summed E-state index contributed by atoms with van der Waals surface area (Å²) in [5.41, 5.74) is 3.02. The molecule has 25 heavy (non-hydrogen) atoms. The number of benzene rings is 2. The summed E-state index contributed by atoms with van der Waals surface area (Å²) in [4.78, 5) is 12.5. The highest BCUT2D eigenvalue weighted by molar-refractivity contribution is 6.31. The molecule has 0 aliphatic carbocycles. The Morgan fingerprint density at radius 1 is 1.08 bits per heavy atom. The number of hydrogen-bond acceptors (Lipinski definition) is 2. The van der Waals surface area contributed by atoms with E-state index in [-0.39, 0.29) is 5.91 Å². The molecule has 1 N–H and O–H groups in total. The summed E-state index contributed by atoms with van der Waals surface area (Å²) >= 11 is 6.05. The molecule has 134 valence electrons. The van der Waals surface area contributed by atoms with Gasteiger partial charge in [-0.15, -0.1) is 0 Å². The zero-order valence-electron chi connectivity index (χ0n) is 15.0. The highest BCUT2D eigenvalue weighted by atomic mass is 35.5. The zero-order valence-corrected chi connectivity index (χ0v) is 15.7. The smallest absolute Gasteiger partial charge is 0.255 e. The van der Waals surface area contributed by atoms with Crippen LogP contribution in [-0.2, 0) is 12.8 Å². The summed E-state index contributed by atoms with van der Waals surface area (Å²) < 4.78 is 5.72. The molecule has 0 heterocycles. The molecule has 0 aliphatic heterocycles. The number of rotatable bonds is 9. The quantitative estimate of drug-likeness (QED) is 0.636. The number of unbranched alkanes of at least 4 members (excludes halogenated alkanes) is 1. The fraction of sp³-hybridized carbons (Fsp3) is 0.381. The minimum atomic E-state index is -0.154. The number of aryl methyl sites for hydroxylation is 1. The van der Waals surface area contributed by atoms with Gasteiger partial charge in [-0.1, -0.05) is 56.1 Å². The number of nitrogens with one attached hydrogen (secondary N) is 1. The van der Waals surface area contributed by atoms with E-state index in [0.717, 1.165) is 25.7 Å². The third-order valence-corrected chi connectivity index (χ3v) is 4.31. The lowest BCUT2D eigenvalue weighted by atomic mass is 10.1. The van der Waals surface area contributed by atoms with Crippen molar-refractivity contribution in [3.63, 3.8) is 0 Å². The van der Waals surface area contributed by atoms with Crippen LogP contribution in [0.3, 0.4) is 0 Å². The van der Waals surface area contributed by atoms with Gasteiger partial charge in [-0.05, 0) is 48.6 Å². The molecule has 0 bridgehead atoms. The van der Waals surface area contributed by atoms with Crippen LogP contribution in [0.5, 0.6) is 5.75 Å². The van der Waals surface area contributed by atoms with E-state index in [1.54, 1.807) is 18.2 Å². The van der Waals surface area contributed by atoms with E-state index in [0.29, 0.717) is 29.5 Å². The summed E-state index contributed by atoms with van der Waals surface area (Å²) in [5, 5.41) is 3.49. The van der Waals surface area contributed by atoms with Gasteiger partial charge in [-0.2, -0.15) is 0 Å². The highest BCUT2D eigenvalue weighted by Crippen LogP contribution is 2.23. The number of amides is 1. The van der Waals surface area contributed by atoms with Crippen LogP contribution in [0.1, 0.15) is 48.2 Å². The van der Waals surface area contributed by atoms with Crippen LogP contribution in [0, 0.1) is 0 Å². The first-order valence-electron chi connectivity index (χ1n) is 8.92. The monoisotopic (exact) mass is 359 g/mol. The number of hydrogen-bond donors (Lipinski definition) is 1. The summed E-state index contributed by atoms with van der Waals surface area (Å²) in [6.07, 6.45) is 3.83. The molecule has 0 spiro atoms. The first kappa shape index (κ1) is 19.3. The normalized spacial score (nSPS) is 10.5. The van der Waals surface area contributed by atoms with Gasteiger partial charge in [0, 0.05) is 11.6 Å². The number of halogens is 1. The maximum absolute atomic E-state index is 12.5. The average Bonchev–Trinajstić information content (AvgIpc) is 2.63. The van der Waals surface area contributed by atoms with E-state index in [9.17, 15) is 4.79 Å². The van der Waals surface area contributed by atoms with Gasteiger partial charge in [0.15, 0.2) is 0 Å². The maximum Gasteiger partial charge on any atom is 0.255 e. The summed E-state index contributed by atoms with van der Waals surface area (Å²) in [5.74, 6) is 0.432. The molecular formula is C21H26ClNO2. The second-order valence-corrected chi connectivity index (χ2v) is 6.45. The van der Waals surface area contributed by atoms with Gasteiger partial charge in [0.2, 0.25) is 0 Å². The molecule has 0 radical (unpaired) electrons. The van der Waals surface area contributed by atoms with Gasteiger partial charge >= 0.3 is 0 Å². The Kier molecular flexibility index (Phi) is 7.80. The van der Waals surface area contributed by atoms with E-state index >= 15 is 0 Å². The van der Waals surface area contributed by atoms with Gasteiger partial charge < -0.3 is 10.1 Å². The van der Waals surface area contributed by atoms with Crippen LogP contribution in [0.2, 0.25) is 5.02 Å². The Hall–Kier alpha value is -2.00. The molecule has 0 saturated carbocycles. The molecule has 4 heteroatoms. The van der Waals surface area contributed by atoms with Crippen LogP contribution < -0.4 is 10.1 Å². The van der Waals surface area contributed by atoms with Crippen molar-refractivity contribution in [3.8, 4) is 5.75 Å². The van der Waals surface area contributed by atoms with E-state index in [2.05, 4.69) is 43.4 Å². The van der Waals surface area contributed by atoms with Crippen LogP contribution in [-0.4, -0.2) is 19.1 Å². The van der Waals surface area contributed by atoms with Crippen molar-refractivity contribution in [1.29, 1.82) is 0 Å². The number of ether oxygens (including phenoxy) is 1. The molecule has 0 aliphatic rings. The number of carbonyl (C=O) groups excluding carboxylic acids is 1. The summed E-state index contributed by atoms with van der Waals surface area (Å²) in [7, 11) is 0. The predicted molar refractivity (Wildman–Crippen MR) is 104 cm³/mol. The standard InChI is InChI=1S/C21H26ClNO2/c1-3-5-14-25-20-11-10-18(22)15-19(20)21(24)23-13-12-17-8-6-16(4-2)7-9-17/h6-11,15H,3-5,12-14H2,1-2H3,(H,23,24). The van der Waals surface area contributed by atoms with Gasteiger partial charge in [0.25, 0.3) is 5.91 Å². The molecule has 2 rings (SSSR count). The topological polar surface area (TPSA) is 38.3 Å². The van der Waals surface area contributed by atoms with E-state index in [1.807, 2.05) is 0 Å². The molecule has 2 aromatic rings. The Morgan fingerprint density at radius 3 is 2.48 bits per heavy atom. The predicted octanol–water partition coefficient (Wildman–Crippen LogP) is 5.05. The lowest BCUT2D eigenvalue weighted by Crippen LogP contribution is -2.26. The van der Waals surface area contributed by atoms with Crippen LogP contribution in [0.15, 0.2) is 42.5 Å². The molecule has 2 aromatic carbocycles. The van der Waals surface area contributed by atoms with Crippen molar-refractivity contribution < 1.29 is 9.53 Å². The average molecular weight is 360 g/mol. The largest absolute Gasteiger partial charge is 0.493 e. The fourth-order valence-electron chi connectivity index (χ4n) is 2.49. The van der Waals surface area contributed by atoms with Crippen molar-refractivity contribution >= 4 is 17.5 Å².